The third kappa shape index (κ3) is 7.07. The van der Waals surface area contributed by atoms with Gasteiger partial charge in [-0.1, -0.05) is 0 Å². The van der Waals surface area contributed by atoms with Crippen molar-refractivity contribution in [3.05, 3.63) is 0 Å². The van der Waals surface area contributed by atoms with Gasteiger partial charge >= 0.3 is 12.1 Å². The van der Waals surface area contributed by atoms with Crippen LogP contribution in [0.1, 0.15) is 19.3 Å². The van der Waals surface area contributed by atoms with Crippen LogP contribution >= 0.6 is 11.8 Å². The highest BCUT2D eigenvalue weighted by atomic mass is 32.2. The lowest BCUT2D eigenvalue weighted by molar-refractivity contribution is -0.459. The molecule has 0 aromatic rings. The minimum atomic E-state index is -5.19. The largest absolute Gasteiger partial charge is 0.542 e. The smallest absolute Gasteiger partial charge is 0.430 e. The standard InChI is InChI=1S/C12H22N6O2S.C2HF3O2/c13-7-2-3-9-18(11(7)20)8(6-21-9)10(19)16-4-1-5-17-12(14)15;3-2(4,5)1(6)7/h7-9H,1-6,13H2,(H,16,19)(H4,14,15,17);(H,6,7)/t7-,8-,9-;/m0./s1. The molecule has 2 rings (SSSR count). The Morgan fingerprint density at radius 1 is 1.32 bits per heavy atom. The van der Waals surface area contributed by atoms with E-state index in [0.29, 0.717) is 31.7 Å². The summed E-state index contributed by atoms with van der Waals surface area (Å²) in [5.41, 5.74) is 16.3. The van der Waals surface area contributed by atoms with E-state index in [0.717, 1.165) is 6.42 Å². The Labute approximate surface area is 163 Å². The van der Waals surface area contributed by atoms with Crippen molar-refractivity contribution in [3.8, 4) is 0 Å². The summed E-state index contributed by atoms with van der Waals surface area (Å²) < 4.78 is 31.5. The van der Waals surface area contributed by atoms with Gasteiger partial charge in [0, 0.05) is 12.3 Å². The zero-order valence-electron chi connectivity index (χ0n) is 14.8. The van der Waals surface area contributed by atoms with Crippen LogP contribution in [0.5, 0.6) is 0 Å². The second-order valence-electron chi connectivity index (χ2n) is 6.05. The number of carboxylic acids is 1. The quantitative estimate of drug-likeness (QED) is 0.165. The van der Waals surface area contributed by atoms with E-state index < -0.39 is 24.2 Å². The SMILES string of the molecule is NC(N)=[NH+]CCCNC(=O)[C@@H]1CS[C@H]2CC[C@H](N)C(=O)N21.O=C([O-])C(F)(F)F. The Bertz CT molecular complexity index is 614. The summed E-state index contributed by atoms with van der Waals surface area (Å²) in [5.74, 6) is -2.42. The number of carbonyl (C=O) groups excluding carboxylic acids is 3. The summed E-state index contributed by atoms with van der Waals surface area (Å²) in [4.78, 5) is 37.6. The van der Waals surface area contributed by atoms with E-state index in [4.69, 9.17) is 27.1 Å². The molecule has 2 aliphatic rings. The average Bonchev–Trinajstić information content (AvgIpc) is 3.02. The van der Waals surface area contributed by atoms with Crippen molar-refractivity contribution in [2.24, 2.45) is 17.2 Å². The second-order valence-corrected chi connectivity index (χ2v) is 7.26. The van der Waals surface area contributed by atoms with Crippen LogP contribution in [0.2, 0.25) is 0 Å². The number of fused-ring (bicyclic) bond motifs is 1. The van der Waals surface area contributed by atoms with Gasteiger partial charge in [0.15, 0.2) is 0 Å². The number of amides is 2. The molecule has 2 aliphatic heterocycles. The molecule has 0 spiro atoms. The van der Waals surface area contributed by atoms with Gasteiger partial charge in [-0.3, -0.25) is 26.0 Å². The third-order valence-corrected chi connectivity index (χ3v) is 5.26. The number of carbonyl (C=O) groups is 3. The van der Waals surface area contributed by atoms with Gasteiger partial charge in [-0.2, -0.15) is 13.2 Å². The van der Waals surface area contributed by atoms with Crippen LogP contribution in [0.15, 0.2) is 0 Å². The summed E-state index contributed by atoms with van der Waals surface area (Å²) in [7, 11) is 0. The molecule has 0 unspecified atom stereocenters. The van der Waals surface area contributed by atoms with Gasteiger partial charge in [-0.15, -0.1) is 11.8 Å². The highest BCUT2D eigenvalue weighted by Gasteiger charge is 2.45. The highest BCUT2D eigenvalue weighted by molar-refractivity contribution is 8.00. The molecule has 0 saturated carbocycles. The third-order valence-electron chi connectivity index (χ3n) is 3.90. The van der Waals surface area contributed by atoms with Crippen LogP contribution in [0.4, 0.5) is 13.2 Å². The molecule has 2 fully saturated rings. The summed E-state index contributed by atoms with van der Waals surface area (Å²) in [6.07, 6.45) is -2.93. The first-order chi connectivity index (χ1) is 12.9. The number of nitrogens with one attached hydrogen (secondary N) is 2. The maximum absolute atomic E-state index is 12.2. The summed E-state index contributed by atoms with van der Waals surface area (Å²) in [5, 5.41) is 11.7. The van der Waals surface area contributed by atoms with Gasteiger partial charge in [0.25, 0.3) is 0 Å². The molecular weight excluding hydrogens is 405 g/mol. The molecule has 0 bridgehead atoms. The van der Waals surface area contributed by atoms with E-state index in [-0.39, 0.29) is 23.1 Å². The van der Waals surface area contributed by atoms with E-state index in [1.54, 1.807) is 16.7 Å². The molecule has 14 heteroatoms. The molecule has 0 aromatic heterocycles. The van der Waals surface area contributed by atoms with E-state index in [2.05, 4.69) is 10.3 Å². The second kappa shape index (κ2) is 10.4. The molecule has 0 aliphatic carbocycles. The van der Waals surface area contributed by atoms with E-state index in [1.807, 2.05) is 0 Å². The predicted molar refractivity (Wildman–Crippen MR) is 92.0 cm³/mol. The van der Waals surface area contributed by atoms with E-state index >= 15 is 0 Å². The molecular formula is C14H23F3N6O4S. The Kier molecular flexibility index (Phi) is 8.81. The Morgan fingerprint density at radius 2 is 1.93 bits per heavy atom. The van der Waals surface area contributed by atoms with Crippen molar-refractivity contribution in [2.75, 3.05) is 18.8 Å². The first-order valence-electron chi connectivity index (χ1n) is 8.32. The molecule has 0 aromatic carbocycles. The van der Waals surface area contributed by atoms with Gasteiger partial charge in [0.1, 0.15) is 12.0 Å². The van der Waals surface area contributed by atoms with E-state index in [1.165, 1.54) is 0 Å². The number of nitrogens with zero attached hydrogens (tertiary/aromatic N) is 1. The lowest BCUT2D eigenvalue weighted by Crippen LogP contribution is -2.78. The Balaban J connectivity index is 0.000000480. The maximum atomic E-state index is 12.2. The van der Waals surface area contributed by atoms with Crippen molar-refractivity contribution in [2.45, 2.75) is 42.9 Å². The summed E-state index contributed by atoms with van der Waals surface area (Å²) >= 11 is 1.66. The Morgan fingerprint density at radius 3 is 2.46 bits per heavy atom. The molecule has 2 heterocycles. The number of piperidine rings is 1. The first kappa shape index (κ1) is 23.8. The molecule has 2 saturated heterocycles. The number of guanidine groups is 1. The van der Waals surface area contributed by atoms with Gasteiger partial charge in [0.2, 0.25) is 11.8 Å². The number of nitrogens with two attached hydrogens (primary N) is 3. The highest BCUT2D eigenvalue weighted by Crippen LogP contribution is 2.36. The minimum Gasteiger partial charge on any atom is -0.542 e. The molecule has 10 nitrogen and oxygen atoms in total. The van der Waals surface area contributed by atoms with Crippen LogP contribution < -0.4 is 32.6 Å². The number of thioether (sulfide) groups is 1. The number of rotatable bonds is 5. The van der Waals surface area contributed by atoms with Crippen molar-refractivity contribution < 1.29 is 37.7 Å². The zero-order valence-corrected chi connectivity index (χ0v) is 15.6. The van der Waals surface area contributed by atoms with Crippen molar-refractivity contribution in [1.82, 2.24) is 10.2 Å². The lowest BCUT2D eigenvalue weighted by Gasteiger charge is -2.35. The molecule has 28 heavy (non-hydrogen) atoms. The monoisotopic (exact) mass is 428 g/mol. The normalized spacial score (nSPS) is 23.9. The predicted octanol–water partition coefficient (Wildman–Crippen LogP) is -4.46. The molecule has 2 amide bonds. The molecule has 8 N–H and O–H groups in total. The van der Waals surface area contributed by atoms with Gasteiger partial charge in [0.05, 0.1) is 18.0 Å². The summed E-state index contributed by atoms with van der Waals surface area (Å²) in [6.45, 7) is 1.11. The first-order valence-corrected chi connectivity index (χ1v) is 9.37. The lowest BCUT2D eigenvalue weighted by atomic mass is 10.0. The fourth-order valence-electron chi connectivity index (χ4n) is 2.57. The number of aliphatic carboxylic acids is 1. The van der Waals surface area contributed by atoms with Crippen LogP contribution in [-0.4, -0.2) is 71.1 Å². The number of carboxylic acid groups (broad SMARTS) is 1. The minimum absolute atomic E-state index is 0.0985. The fraction of sp³-hybridized carbons (Fsp3) is 0.714. The Hall–Kier alpha value is -2.22. The van der Waals surface area contributed by atoms with Gasteiger partial charge in [-0.05, 0) is 19.3 Å². The fourth-order valence-corrected chi connectivity index (χ4v) is 4.00. The van der Waals surface area contributed by atoms with Crippen LogP contribution in [0.25, 0.3) is 0 Å². The summed E-state index contributed by atoms with van der Waals surface area (Å²) in [6, 6.07) is -0.875. The van der Waals surface area contributed by atoms with Crippen molar-refractivity contribution >= 4 is 35.5 Å². The van der Waals surface area contributed by atoms with Crippen LogP contribution in [0.3, 0.4) is 0 Å². The molecule has 3 atom stereocenters. The number of alkyl halides is 3. The van der Waals surface area contributed by atoms with Crippen LogP contribution in [0, 0.1) is 0 Å². The average molecular weight is 428 g/mol. The number of halogens is 3. The molecule has 0 radical (unpaired) electrons. The van der Waals surface area contributed by atoms with Crippen LogP contribution in [-0.2, 0) is 14.4 Å². The maximum Gasteiger partial charge on any atom is 0.430 e. The van der Waals surface area contributed by atoms with Crippen molar-refractivity contribution in [1.29, 1.82) is 0 Å². The van der Waals surface area contributed by atoms with E-state index in [9.17, 15) is 22.8 Å². The van der Waals surface area contributed by atoms with Gasteiger partial charge < -0.3 is 25.9 Å². The zero-order chi connectivity index (χ0) is 21.5. The molecule has 160 valence electrons. The van der Waals surface area contributed by atoms with Crippen molar-refractivity contribution in [3.63, 3.8) is 0 Å². The number of hydrogen-bond acceptors (Lipinski definition) is 6. The number of hydrogen-bond donors (Lipinski definition) is 5. The topological polar surface area (TPSA) is 182 Å². The van der Waals surface area contributed by atoms with Gasteiger partial charge in [-0.25, -0.2) is 0 Å².